The standard InChI is InChI=1S/C19H24N2O4S2/c1-17-7-9-19(10-8-17)27(24,25)21-13-11-20(12-14-21)15-16-26(22,23)18-5-3-2-4-6-18/h2-10H,11-16H2,1H3. The lowest BCUT2D eigenvalue weighted by Crippen LogP contribution is -2.49. The van der Waals surface area contributed by atoms with Crippen LogP contribution in [-0.4, -0.2) is 64.5 Å². The summed E-state index contributed by atoms with van der Waals surface area (Å²) in [4.78, 5) is 2.63. The fourth-order valence-corrected chi connectivity index (χ4v) is 5.78. The third-order valence-electron chi connectivity index (χ3n) is 4.77. The summed E-state index contributed by atoms with van der Waals surface area (Å²) in [7, 11) is -6.82. The van der Waals surface area contributed by atoms with Crippen molar-refractivity contribution in [2.75, 3.05) is 38.5 Å². The fraction of sp³-hybridized carbons (Fsp3) is 0.368. The van der Waals surface area contributed by atoms with E-state index >= 15 is 0 Å². The minimum absolute atomic E-state index is 0.0295. The molecular weight excluding hydrogens is 384 g/mol. The van der Waals surface area contributed by atoms with Gasteiger partial charge in [0.25, 0.3) is 0 Å². The molecule has 2 aromatic rings. The lowest BCUT2D eigenvalue weighted by atomic mass is 10.2. The van der Waals surface area contributed by atoms with Crippen molar-refractivity contribution in [1.29, 1.82) is 0 Å². The van der Waals surface area contributed by atoms with E-state index < -0.39 is 19.9 Å². The first-order valence-electron chi connectivity index (χ1n) is 8.86. The zero-order valence-corrected chi connectivity index (χ0v) is 16.9. The average Bonchev–Trinajstić information content (AvgIpc) is 2.68. The van der Waals surface area contributed by atoms with Gasteiger partial charge in [-0.1, -0.05) is 35.9 Å². The van der Waals surface area contributed by atoms with Crippen LogP contribution in [0.25, 0.3) is 0 Å². The van der Waals surface area contributed by atoms with Crippen molar-refractivity contribution in [2.24, 2.45) is 0 Å². The van der Waals surface area contributed by atoms with E-state index in [0.717, 1.165) is 5.56 Å². The second kappa shape index (κ2) is 8.10. The number of hydrogen-bond acceptors (Lipinski definition) is 5. The monoisotopic (exact) mass is 408 g/mol. The summed E-state index contributed by atoms with van der Waals surface area (Å²) in [5, 5.41) is 0. The molecule has 1 aliphatic heterocycles. The van der Waals surface area contributed by atoms with E-state index in [1.165, 1.54) is 4.31 Å². The molecule has 1 fully saturated rings. The molecule has 0 aliphatic carbocycles. The summed E-state index contributed by atoms with van der Waals surface area (Å²) >= 11 is 0. The molecule has 0 saturated carbocycles. The number of piperazine rings is 1. The van der Waals surface area contributed by atoms with Crippen LogP contribution in [0.2, 0.25) is 0 Å². The van der Waals surface area contributed by atoms with Crippen LogP contribution in [0.4, 0.5) is 0 Å². The Hall–Kier alpha value is -1.74. The van der Waals surface area contributed by atoms with Crippen molar-refractivity contribution in [3.8, 4) is 0 Å². The summed E-state index contributed by atoms with van der Waals surface area (Å²) in [5.74, 6) is 0.0295. The van der Waals surface area contributed by atoms with E-state index in [0.29, 0.717) is 42.5 Å². The molecule has 0 spiro atoms. The molecule has 0 amide bonds. The molecule has 1 saturated heterocycles. The molecule has 8 heteroatoms. The van der Waals surface area contributed by atoms with Crippen LogP contribution in [0.1, 0.15) is 5.56 Å². The van der Waals surface area contributed by atoms with Crippen LogP contribution in [0.3, 0.4) is 0 Å². The molecule has 0 atom stereocenters. The Morgan fingerprint density at radius 1 is 0.778 bits per heavy atom. The largest absolute Gasteiger partial charge is 0.300 e. The smallest absolute Gasteiger partial charge is 0.243 e. The number of hydrogen-bond donors (Lipinski definition) is 0. The lowest BCUT2D eigenvalue weighted by Gasteiger charge is -2.33. The fourth-order valence-electron chi connectivity index (χ4n) is 3.05. The maximum atomic E-state index is 12.7. The van der Waals surface area contributed by atoms with Crippen LogP contribution in [0.15, 0.2) is 64.4 Å². The molecule has 6 nitrogen and oxygen atoms in total. The second-order valence-corrected chi connectivity index (χ2v) is 10.7. The maximum Gasteiger partial charge on any atom is 0.243 e. The van der Waals surface area contributed by atoms with Gasteiger partial charge in [-0.2, -0.15) is 4.31 Å². The van der Waals surface area contributed by atoms with Gasteiger partial charge in [0.2, 0.25) is 10.0 Å². The summed E-state index contributed by atoms with van der Waals surface area (Å²) in [6, 6.07) is 15.2. The van der Waals surface area contributed by atoms with Crippen molar-refractivity contribution < 1.29 is 16.8 Å². The third-order valence-corrected chi connectivity index (χ3v) is 8.39. The van der Waals surface area contributed by atoms with Gasteiger partial charge in [-0.25, -0.2) is 16.8 Å². The average molecular weight is 409 g/mol. The van der Waals surface area contributed by atoms with Crippen LogP contribution in [-0.2, 0) is 19.9 Å². The van der Waals surface area contributed by atoms with Gasteiger partial charge < -0.3 is 0 Å². The second-order valence-electron chi connectivity index (χ2n) is 6.69. The van der Waals surface area contributed by atoms with Crippen LogP contribution in [0, 0.1) is 6.92 Å². The van der Waals surface area contributed by atoms with Gasteiger partial charge in [0, 0.05) is 32.7 Å². The predicted octanol–water partition coefficient (Wildman–Crippen LogP) is 1.78. The highest BCUT2D eigenvalue weighted by atomic mass is 32.2. The molecule has 146 valence electrons. The molecular formula is C19H24N2O4S2. The Bertz CT molecular complexity index is 964. The molecule has 27 heavy (non-hydrogen) atoms. The van der Waals surface area contributed by atoms with E-state index in [4.69, 9.17) is 0 Å². The van der Waals surface area contributed by atoms with Crippen molar-refractivity contribution in [3.05, 3.63) is 60.2 Å². The molecule has 3 rings (SSSR count). The van der Waals surface area contributed by atoms with Crippen molar-refractivity contribution in [3.63, 3.8) is 0 Å². The summed E-state index contributed by atoms with van der Waals surface area (Å²) in [6.07, 6.45) is 0. The maximum absolute atomic E-state index is 12.7. The highest BCUT2D eigenvalue weighted by Crippen LogP contribution is 2.18. The van der Waals surface area contributed by atoms with Crippen molar-refractivity contribution in [2.45, 2.75) is 16.7 Å². The molecule has 0 radical (unpaired) electrons. The van der Waals surface area contributed by atoms with Crippen LogP contribution < -0.4 is 0 Å². The van der Waals surface area contributed by atoms with Gasteiger partial charge in [-0.05, 0) is 31.2 Å². The first-order chi connectivity index (χ1) is 12.8. The minimum atomic E-state index is -3.50. The van der Waals surface area contributed by atoms with E-state index in [9.17, 15) is 16.8 Å². The molecule has 2 aromatic carbocycles. The minimum Gasteiger partial charge on any atom is -0.300 e. The Kier molecular flexibility index (Phi) is 6.00. The first-order valence-corrected chi connectivity index (χ1v) is 12.0. The van der Waals surface area contributed by atoms with E-state index in [-0.39, 0.29) is 5.75 Å². The highest BCUT2D eigenvalue weighted by Gasteiger charge is 2.28. The molecule has 0 aromatic heterocycles. The van der Waals surface area contributed by atoms with E-state index in [2.05, 4.69) is 0 Å². The van der Waals surface area contributed by atoms with Crippen LogP contribution >= 0.6 is 0 Å². The van der Waals surface area contributed by atoms with Crippen molar-refractivity contribution in [1.82, 2.24) is 9.21 Å². The van der Waals surface area contributed by atoms with E-state index in [1.807, 2.05) is 11.8 Å². The predicted molar refractivity (Wildman–Crippen MR) is 105 cm³/mol. The number of rotatable bonds is 6. The van der Waals surface area contributed by atoms with Gasteiger partial charge in [-0.15, -0.1) is 0 Å². The topological polar surface area (TPSA) is 74.8 Å². The normalized spacial score (nSPS) is 17.1. The Labute approximate surface area is 161 Å². The Balaban J connectivity index is 1.57. The van der Waals surface area contributed by atoms with Gasteiger partial charge in [0.05, 0.1) is 15.5 Å². The first kappa shape index (κ1) is 20.0. The van der Waals surface area contributed by atoms with Crippen LogP contribution in [0.5, 0.6) is 0 Å². The zero-order valence-electron chi connectivity index (χ0n) is 15.3. The zero-order chi connectivity index (χ0) is 19.5. The Morgan fingerprint density at radius 2 is 1.37 bits per heavy atom. The summed E-state index contributed by atoms with van der Waals surface area (Å²) < 4.78 is 51.7. The summed E-state index contributed by atoms with van der Waals surface area (Å²) in [6.45, 7) is 4.09. The molecule has 0 unspecified atom stereocenters. The lowest BCUT2D eigenvalue weighted by molar-refractivity contribution is 0.197. The number of sulfonamides is 1. The molecule has 1 aliphatic rings. The quantitative estimate of drug-likeness (QED) is 0.728. The highest BCUT2D eigenvalue weighted by molar-refractivity contribution is 7.91. The summed E-state index contributed by atoms with van der Waals surface area (Å²) in [5.41, 5.74) is 1.01. The van der Waals surface area contributed by atoms with Gasteiger partial charge in [0.15, 0.2) is 9.84 Å². The number of aryl methyl sites for hydroxylation is 1. The van der Waals surface area contributed by atoms with E-state index in [1.54, 1.807) is 54.6 Å². The van der Waals surface area contributed by atoms with Crippen molar-refractivity contribution >= 4 is 19.9 Å². The Morgan fingerprint density at radius 3 is 1.96 bits per heavy atom. The molecule has 0 bridgehead atoms. The SMILES string of the molecule is Cc1ccc(S(=O)(=O)N2CCN(CCS(=O)(=O)c3ccccc3)CC2)cc1. The third kappa shape index (κ3) is 4.76. The number of benzene rings is 2. The molecule has 1 heterocycles. The number of nitrogens with zero attached hydrogens (tertiary/aromatic N) is 2. The van der Waals surface area contributed by atoms with Gasteiger partial charge in [0.1, 0.15) is 0 Å². The van der Waals surface area contributed by atoms with Gasteiger partial charge in [-0.3, -0.25) is 4.90 Å². The number of sulfone groups is 1. The molecule has 0 N–H and O–H groups in total. The van der Waals surface area contributed by atoms with Gasteiger partial charge >= 0.3 is 0 Å².